The van der Waals surface area contributed by atoms with E-state index in [0.717, 1.165) is 37.1 Å². The molecule has 8 nitrogen and oxygen atoms in total. The first-order valence-corrected chi connectivity index (χ1v) is 14.2. The summed E-state index contributed by atoms with van der Waals surface area (Å²) in [5.41, 5.74) is -0.951. The zero-order valence-corrected chi connectivity index (χ0v) is 23.8. The van der Waals surface area contributed by atoms with Gasteiger partial charge in [0.25, 0.3) is 0 Å². The average Bonchev–Trinajstić information content (AvgIpc) is 3.42. The fraction of sp³-hybridized carbons (Fsp3) is 0.424. The number of fused-ring (bicyclic) bond motifs is 3. The molecule has 2 heterocycles. The predicted octanol–water partition coefficient (Wildman–Crippen LogP) is 4.77. The van der Waals surface area contributed by atoms with Crippen LogP contribution in [0.4, 0.5) is 0 Å². The van der Waals surface area contributed by atoms with E-state index in [0.29, 0.717) is 35.0 Å². The molecular formula is C33H37NO7. The Kier molecular flexibility index (Phi) is 7.30. The second-order valence-corrected chi connectivity index (χ2v) is 11.0. The molecule has 8 heteroatoms. The number of benzene rings is 3. The van der Waals surface area contributed by atoms with Crippen molar-refractivity contribution in [3.05, 3.63) is 83.4 Å². The molecule has 0 bridgehead atoms. The molecule has 0 radical (unpaired) electrons. The van der Waals surface area contributed by atoms with Crippen LogP contribution in [0.2, 0.25) is 0 Å². The number of aliphatic hydroxyl groups is 1. The smallest absolute Gasteiger partial charge is 0.320 e. The molecule has 41 heavy (non-hydrogen) atoms. The Morgan fingerprint density at radius 2 is 1.63 bits per heavy atom. The van der Waals surface area contributed by atoms with Crippen molar-refractivity contribution < 1.29 is 33.6 Å². The average molecular weight is 560 g/mol. The van der Waals surface area contributed by atoms with Crippen LogP contribution < -0.4 is 18.9 Å². The van der Waals surface area contributed by atoms with Crippen molar-refractivity contribution in [2.24, 2.45) is 0 Å². The second kappa shape index (κ2) is 10.9. The van der Waals surface area contributed by atoms with Gasteiger partial charge in [-0.25, -0.2) is 0 Å². The quantitative estimate of drug-likeness (QED) is 0.395. The molecule has 0 spiro atoms. The highest BCUT2D eigenvalue weighted by molar-refractivity contribution is 5.73. The van der Waals surface area contributed by atoms with Crippen molar-refractivity contribution in [2.45, 2.75) is 48.9 Å². The van der Waals surface area contributed by atoms with E-state index in [9.17, 15) is 9.90 Å². The third-order valence-electron chi connectivity index (χ3n) is 8.92. The molecule has 0 unspecified atom stereocenters. The maximum absolute atomic E-state index is 13.4. The molecule has 3 aliphatic rings. The largest absolute Gasteiger partial charge is 0.497 e. The minimum atomic E-state index is -1.77. The normalized spacial score (nSPS) is 26.9. The maximum Gasteiger partial charge on any atom is 0.320 e. The fourth-order valence-corrected chi connectivity index (χ4v) is 7.03. The maximum atomic E-state index is 13.4. The summed E-state index contributed by atoms with van der Waals surface area (Å²) >= 11 is 0. The van der Waals surface area contributed by atoms with Gasteiger partial charge in [-0.1, -0.05) is 48.9 Å². The van der Waals surface area contributed by atoms with E-state index >= 15 is 0 Å². The molecule has 1 saturated heterocycles. The highest BCUT2D eigenvalue weighted by Gasteiger charge is 2.75. The van der Waals surface area contributed by atoms with Gasteiger partial charge in [0, 0.05) is 18.1 Å². The van der Waals surface area contributed by atoms with Gasteiger partial charge in [-0.15, -0.1) is 0 Å². The van der Waals surface area contributed by atoms with E-state index in [2.05, 4.69) is 4.90 Å². The van der Waals surface area contributed by atoms with E-state index in [-0.39, 0.29) is 18.4 Å². The minimum Gasteiger partial charge on any atom is -0.497 e. The van der Waals surface area contributed by atoms with Gasteiger partial charge in [-0.05, 0) is 55.6 Å². The molecule has 2 fully saturated rings. The molecule has 0 aromatic heterocycles. The third kappa shape index (κ3) is 4.41. The zero-order valence-electron chi connectivity index (χ0n) is 23.8. The Morgan fingerprint density at radius 3 is 2.29 bits per heavy atom. The molecule has 3 aromatic carbocycles. The van der Waals surface area contributed by atoms with E-state index in [1.54, 1.807) is 33.5 Å². The Labute approximate surface area is 240 Å². The Balaban J connectivity index is 1.52. The predicted molar refractivity (Wildman–Crippen MR) is 153 cm³/mol. The lowest BCUT2D eigenvalue weighted by Crippen LogP contribution is -2.53. The van der Waals surface area contributed by atoms with Gasteiger partial charge >= 0.3 is 5.97 Å². The summed E-state index contributed by atoms with van der Waals surface area (Å²) in [6, 6.07) is 21.0. The molecular weight excluding hydrogens is 522 g/mol. The molecule has 0 amide bonds. The van der Waals surface area contributed by atoms with E-state index < -0.39 is 17.3 Å². The van der Waals surface area contributed by atoms with Crippen LogP contribution >= 0.6 is 0 Å². The Bertz CT molecular complexity index is 1390. The van der Waals surface area contributed by atoms with Crippen LogP contribution in [0.5, 0.6) is 23.0 Å². The van der Waals surface area contributed by atoms with Crippen molar-refractivity contribution in [3.63, 3.8) is 0 Å². The lowest BCUT2D eigenvalue weighted by atomic mass is 9.71. The number of nitrogens with zero attached hydrogens (tertiary/aromatic N) is 1. The molecule has 6 rings (SSSR count). The van der Waals surface area contributed by atoms with Crippen molar-refractivity contribution in [2.75, 3.05) is 41.0 Å². The molecule has 1 saturated carbocycles. The SMILES string of the molecule is COc1ccc([C@@]23Oc4cc(OC)cc(OC)c4[C@]2(O)[C@H](OC(=O)CN2CCCCC2)C[C@H]3c2ccccc2)cc1. The third-order valence-corrected chi connectivity index (χ3v) is 8.92. The van der Waals surface area contributed by atoms with Crippen molar-refractivity contribution in [3.8, 4) is 23.0 Å². The number of hydrogen-bond acceptors (Lipinski definition) is 8. The molecule has 3 aromatic rings. The van der Waals surface area contributed by atoms with E-state index in [4.69, 9.17) is 23.7 Å². The molecule has 2 aliphatic heterocycles. The fourth-order valence-electron chi connectivity index (χ4n) is 7.03. The lowest BCUT2D eigenvalue weighted by Gasteiger charge is -2.41. The number of carbonyl (C=O) groups excluding carboxylic acids is 1. The summed E-state index contributed by atoms with van der Waals surface area (Å²) in [7, 11) is 4.73. The molecule has 4 atom stereocenters. The highest BCUT2D eigenvalue weighted by atomic mass is 16.6. The minimum absolute atomic E-state index is 0.186. The summed E-state index contributed by atoms with van der Waals surface area (Å²) in [6.07, 6.45) is 2.76. The topological polar surface area (TPSA) is 86.7 Å². The highest BCUT2D eigenvalue weighted by Crippen LogP contribution is 2.69. The van der Waals surface area contributed by atoms with E-state index in [1.165, 1.54) is 6.42 Å². The summed E-state index contributed by atoms with van der Waals surface area (Å²) in [6.45, 7) is 1.92. The van der Waals surface area contributed by atoms with Gasteiger partial charge in [-0.3, -0.25) is 9.69 Å². The number of hydrogen-bond donors (Lipinski definition) is 1. The van der Waals surface area contributed by atoms with Crippen molar-refractivity contribution in [1.82, 2.24) is 4.90 Å². The van der Waals surface area contributed by atoms with Crippen LogP contribution in [-0.2, 0) is 20.7 Å². The lowest BCUT2D eigenvalue weighted by molar-refractivity contribution is -0.182. The van der Waals surface area contributed by atoms with E-state index in [1.807, 2.05) is 54.6 Å². The number of likely N-dealkylation sites (tertiary alicyclic amines) is 1. The first-order valence-electron chi connectivity index (χ1n) is 14.2. The van der Waals surface area contributed by atoms with Gasteiger partial charge in [0.05, 0.1) is 33.4 Å². The Hall–Kier alpha value is -3.75. The zero-order chi connectivity index (χ0) is 28.6. The number of esters is 1. The first kappa shape index (κ1) is 27.4. The summed E-state index contributed by atoms with van der Waals surface area (Å²) in [5, 5.41) is 13.2. The van der Waals surface area contributed by atoms with Crippen molar-refractivity contribution >= 4 is 5.97 Å². The van der Waals surface area contributed by atoms with Crippen molar-refractivity contribution in [1.29, 1.82) is 0 Å². The number of piperidine rings is 1. The van der Waals surface area contributed by atoms with Gasteiger partial charge in [0.1, 0.15) is 29.1 Å². The molecule has 1 N–H and O–H groups in total. The number of rotatable bonds is 8. The summed E-state index contributed by atoms with van der Waals surface area (Å²) in [4.78, 5) is 15.6. The van der Waals surface area contributed by atoms with Crippen LogP contribution in [-0.4, -0.2) is 63.0 Å². The number of carbonyl (C=O) groups is 1. The summed E-state index contributed by atoms with van der Waals surface area (Å²) in [5.74, 6) is 1.33. The van der Waals surface area contributed by atoms with Crippen LogP contribution in [0.1, 0.15) is 48.3 Å². The first-order chi connectivity index (χ1) is 19.9. The van der Waals surface area contributed by atoms with Gasteiger partial charge < -0.3 is 28.8 Å². The summed E-state index contributed by atoms with van der Waals surface area (Å²) < 4.78 is 30.0. The van der Waals surface area contributed by atoms with Gasteiger partial charge in [0.2, 0.25) is 0 Å². The van der Waals surface area contributed by atoms with Crippen LogP contribution in [0.15, 0.2) is 66.7 Å². The standard InChI is InChI=1S/C33H37NO7/c1-37-24-14-12-23(13-15-24)33-26(22-10-6-4-7-11-22)20-29(40-30(35)21-34-16-8-5-9-17-34)32(33,36)31-27(39-3)18-25(38-2)19-28(31)41-33/h4,6-7,10-15,18-19,26,29,36H,5,8-9,16-17,20-21H2,1-3H3/t26-,29+,32+,33-/m0/s1. The molecule has 1 aliphatic carbocycles. The Morgan fingerprint density at radius 1 is 0.927 bits per heavy atom. The van der Waals surface area contributed by atoms with Crippen LogP contribution in [0.25, 0.3) is 0 Å². The monoisotopic (exact) mass is 559 g/mol. The van der Waals surface area contributed by atoms with Gasteiger partial charge in [-0.2, -0.15) is 0 Å². The second-order valence-electron chi connectivity index (χ2n) is 11.0. The van der Waals surface area contributed by atoms with Crippen LogP contribution in [0.3, 0.4) is 0 Å². The molecule has 216 valence electrons. The van der Waals surface area contributed by atoms with Gasteiger partial charge in [0.15, 0.2) is 11.2 Å². The number of methoxy groups -OCH3 is 3. The number of ether oxygens (including phenoxy) is 5. The van der Waals surface area contributed by atoms with Crippen LogP contribution in [0, 0.1) is 0 Å².